The van der Waals surface area contributed by atoms with Crippen LogP contribution in [0.3, 0.4) is 0 Å². The summed E-state index contributed by atoms with van der Waals surface area (Å²) in [4.78, 5) is 0. The van der Waals surface area contributed by atoms with Crippen LogP contribution in [0.4, 0.5) is 0 Å². The summed E-state index contributed by atoms with van der Waals surface area (Å²) in [6.07, 6.45) is 4.96. The molecule has 0 N–H and O–H groups in total. The van der Waals surface area contributed by atoms with E-state index >= 15 is 0 Å². The topological polar surface area (TPSA) is 23.8 Å². The molecule has 3 aliphatic rings. The first-order chi connectivity index (χ1) is 8.70. The van der Waals surface area contributed by atoms with Crippen LogP contribution >= 0.6 is 23.2 Å². The van der Waals surface area contributed by atoms with Crippen LogP contribution in [0, 0.1) is 29.1 Å². The first-order valence-corrected chi connectivity index (χ1v) is 7.31. The maximum absolute atomic E-state index is 9.46. The third-order valence-corrected chi connectivity index (χ3v) is 5.44. The second-order valence-electron chi connectivity index (χ2n) is 5.53. The quantitative estimate of drug-likeness (QED) is 0.707. The molecule has 2 atom stereocenters. The van der Waals surface area contributed by atoms with Gasteiger partial charge in [-0.2, -0.15) is 5.26 Å². The molecule has 2 bridgehead atoms. The smallest absolute Gasteiger partial charge is 0.0665 e. The third-order valence-electron chi connectivity index (χ3n) is 4.70. The van der Waals surface area contributed by atoms with Crippen molar-refractivity contribution < 1.29 is 0 Å². The summed E-state index contributed by atoms with van der Waals surface area (Å²) in [6, 6.07) is 8.40. The fourth-order valence-corrected chi connectivity index (χ4v) is 4.14. The number of benzene rings is 1. The van der Waals surface area contributed by atoms with Crippen LogP contribution in [0.5, 0.6) is 0 Å². The highest BCUT2D eigenvalue weighted by atomic mass is 35.5. The van der Waals surface area contributed by atoms with Crippen molar-refractivity contribution in [3.05, 3.63) is 33.8 Å². The van der Waals surface area contributed by atoms with E-state index in [1.54, 1.807) is 0 Å². The van der Waals surface area contributed by atoms with E-state index in [2.05, 4.69) is 6.07 Å². The van der Waals surface area contributed by atoms with Crippen LogP contribution in [0.25, 0.3) is 0 Å². The van der Waals surface area contributed by atoms with Gasteiger partial charge in [-0.1, -0.05) is 29.3 Å². The lowest BCUT2D eigenvalue weighted by Crippen LogP contribution is -2.37. The van der Waals surface area contributed by atoms with E-state index in [9.17, 15) is 5.26 Å². The molecular formula is C15H15Cl2N. The molecule has 1 nitrogen and oxygen atoms in total. The molecule has 0 aliphatic heterocycles. The van der Waals surface area contributed by atoms with E-state index in [0.29, 0.717) is 27.8 Å². The Hall–Kier alpha value is -0.710. The predicted octanol–water partition coefficient (Wildman–Crippen LogP) is 5.04. The number of nitrogens with zero attached hydrogens (tertiary/aromatic N) is 1. The van der Waals surface area contributed by atoms with E-state index in [4.69, 9.17) is 23.2 Å². The highest BCUT2D eigenvalue weighted by Crippen LogP contribution is 2.53. The summed E-state index contributed by atoms with van der Waals surface area (Å²) < 4.78 is 0. The van der Waals surface area contributed by atoms with Gasteiger partial charge in [0, 0.05) is 5.92 Å². The third kappa shape index (κ3) is 1.92. The number of fused-ring (bicyclic) bond motifs is 3. The lowest BCUT2D eigenvalue weighted by atomic mass is 9.57. The van der Waals surface area contributed by atoms with Gasteiger partial charge in [0.25, 0.3) is 0 Å². The maximum atomic E-state index is 9.46. The number of halogens is 2. The summed E-state index contributed by atoms with van der Waals surface area (Å²) in [5, 5.41) is 10.7. The summed E-state index contributed by atoms with van der Waals surface area (Å²) >= 11 is 12.1. The van der Waals surface area contributed by atoms with Crippen molar-refractivity contribution in [1.29, 1.82) is 5.26 Å². The minimum absolute atomic E-state index is 0.162. The van der Waals surface area contributed by atoms with E-state index < -0.39 is 0 Å². The second kappa shape index (κ2) is 4.76. The Bertz CT molecular complexity index is 498. The van der Waals surface area contributed by atoms with E-state index in [1.165, 1.54) is 31.2 Å². The van der Waals surface area contributed by atoms with Crippen LogP contribution in [0.1, 0.15) is 37.2 Å². The van der Waals surface area contributed by atoms with Crippen LogP contribution in [-0.4, -0.2) is 0 Å². The molecule has 3 saturated carbocycles. The molecular weight excluding hydrogens is 265 g/mol. The van der Waals surface area contributed by atoms with E-state index in [1.807, 2.05) is 18.2 Å². The molecule has 1 aromatic rings. The number of rotatable bonds is 1. The maximum Gasteiger partial charge on any atom is 0.0665 e. The van der Waals surface area contributed by atoms with Crippen LogP contribution in [0.2, 0.25) is 10.0 Å². The summed E-state index contributed by atoms with van der Waals surface area (Å²) in [5.74, 6) is 1.75. The first-order valence-electron chi connectivity index (χ1n) is 6.55. The fourth-order valence-electron chi connectivity index (χ4n) is 3.83. The molecule has 0 saturated heterocycles. The zero-order chi connectivity index (χ0) is 12.7. The molecule has 3 heteroatoms. The highest BCUT2D eigenvalue weighted by molar-refractivity contribution is 6.42. The van der Waals surface area contributed by atoms with Gasteiger partial charge in [-0.3, -0.25) is 0 Å². The van der Waals surface area contributed by atoms with Crippen molar-refractivity contribution in [1.82, 2.24) is 0 Å². The molecule has 18 heavy (non-hydrogen) atoms. The Morgan fingerprint density at radius 2 is 1.67 bits per heavy atom. The SMILES string of the molecule is N#CC1C2CCC(CC2)C1c1ccc(Cl)c(Cl)c1. The molecule has 0 amide bonds. The zero-order valence-corrected chi connectivity index (χ0v) is 11.6. The standard InChI is InChI=1S/C15H15Cl2N/c16-13-6-5-11(7-14(13)17)15-10-3-1-9(2-4-10)12(15)8-18/h5-7,9-10,12,15H,1-4H2. The molecule has 4 rings (SSSR count). The Morgan fingerprint density at radius 3 is 2.28 bits per heavy atom. The molecule has 1 aromatic carbocycles. The molecule has 3 fully saturated rings. The lowest BCUT2D eigenvalue weighted by Gasteiger charge is -2.46. The minimum atomic E-state index is 0.162. The molecule has 0 spiro atoms. The monoisotopic (exact) mass is 279 g/mol. The van der Waals surface area contributed by atoms with Gasteiger partial charge < -0.3 is 0 Å². The zero-order valence-electron chi connectivity index (χ0n) is 10.1. The Kier molecular flexibility index (Phi) is 3.26. The van der Waals surface area contributed by atoms with Crippen LogP contribution in [-0.2, 0) is 0 Å². The Morgan fingerprint density at radius 1 is 1.00 bits per heavy atom. The van der Waals surface area contributed by atoms with Crippen molar-refractivity contribution in [2.45, 2.75) is 31.6 Å². The summed E-state index contributed by atoms with van der Waals surface area (Å²) in [5.41, 5.74) is 1.20. The molecule has 0 heterocycles. The predicted molar refractivity (Wildman–Crippen MR) is 73.8 cm³/mol. The van der Waals surface area contributed by atoms with Crippen molar-refractivity contribution in [3.63, 3.8) is 0 Å². The van der Waals surface area contributed by atoms with Gasteiger partial charge >= 0.3 is 0 Å². The Balaban J connectivity index is 1.99. The molecule has 3 aliphatic carbocycles. The second-order valence-corrected chi connectivity index (χ2v) is 6.34. The van der Waals surface area contributed by atoms with Crippen molar-refractivity contribution >= 4 is 23.2 Å². The Labute approximate surface area is 118 Å². The van der Waals surface area contributed by atoms with Crippen molar-refractivity contribution in [2.75, 3.05) is 0 Å². The van der Waals surface area contributed by atoms with Crippen molar-refractivity contribution in [3.8, 4) is 6.07 Å². The minimum Gasteiger partial charge on any atom is -0.198 e. The molecule has 0 radical (unpaired) electrons. The van der Waals surface area contributed by atoms with Gasteiger partial charge in [-0.05, 0) is 55.2 Å². The fraction of sp³-hybridized carbons (Fsp3) is 0.533. The van der Waals surface area contributed by atoms with E-state index in [-0.39, 0.29) is 5.92 Å². The number of nitriles is 1. The van der Waals surface area contributed by atoms with Gasteiger partial charge in [-0.25, -0.2) is 0 Å². The summed E-state index contributed by atoms with van der Waals surface area (Å²) in [6.45, 7) is 0. The van der Waals surface area contributed by atoms with Crippen LogP contribution < -0.4 is 0 Å². The average molecular weight is 280 g/mol. The van der Waals surface area contributed by atoms with Gasteiger partial charge in [0.2, 0.25) is 0 Å². The molecule has 0 aromatic heterocycles. The number of hydrogen-bond acceptors (Lipinski definition) is 1. The lowest BCUT2D eigenvalue weighted by molar-refractivity contribution is 0.100. The van der Waals surface area contributed by atoms with Gasteiger partial charge in [0.05, 0.1) is 22.0 Å². The van der Waals surface area contributed by atoms with Gasteiger partial charge in [-0.15, -0.1) is 0 Å². The summed E-state index contributed by atoms with van der Waals surface area (Å²) in [7, 11) is 0. The van der Waals surface area contributed by atoms with Crippen LogP contribution in [0.15, 0.2) is 18.2 Å². The first kappa shape index (κ1) is 12.3. The van der Waals surface area contributed by atoms with Crippen molar-refractivity contribution in [2.24, 2.45) is 17.8 Å². The highest BCUT2D eigenvalue weighted by Gasteiger charge is 2.44. The largest absolute Gasteiger partial charge is 0.198 e. The van der Waals surface area contributed by atoms with Gasteiger partial charge in [0.15, 0.2) is 0 Å². The molecule has 94 valence electrons. The average Bonchev–Trinajstić information content (AvgIpc) is 2.42. The number of hydrogen-bond donors (Lipinski definition) is 0. The normalized spacial score (nSPS) is 34.3. The van der Waals surface area contributed by atoms with E-state index in [0.717, 1.165) is 0 Å². The molecule has 2 unspecified atom stereocenters. The van der Waals surface area contributed by atoms with Gasteiger partial charge in [0.1, 0.15) is 0 Å².